The molecule has 2 amide bonds. The van der Waals surface area contributed by atoms with Crippen LogP contribution in [0.1, 0.15) is 35.4 Å². The SMILES string of the molecule is NS(=O)(=NC(=O)Nc1c2c(nc3c1CCC3)CCC2)c1cnn2c1OCC(F)C2. The molecule has 3 aliphatic rings. The number of amides is 2. The Kier molecular flexibility index (Phi) is 4.32. The van der Waals surface area contributed by atoms with Gasteiger partial charge in [0.2, 0.25) is 5.88 Å². The van der Waals surface area contributed by atoms with Crippen molar-refractivity contribution < 1.29 is 18.1 Å². The molecule has 0 spiro atoms. The van der Waals surface area contributed by atoms with E-state index >= 15 is 0 Å². The van der Waals surface area contributed by atoms with Crippen LogP contribution in [0.3, 0.4) is 0 Å². The van der Waals surface area contributed by atoms with Crippen molar-refractivity contribution in [3.05, 3.63) is 28.7 Å². The first kappa shape index (κ1) is 18.5. The number of nitrogens with zero attached hydrogens (tertiary/aromatic N) is 4. The molecule has 11 heteroatoms. The van der Waals surface area contributed by atoms with Crippen LogP contribution in [0.2, 0.25) is 0 Å². The van der Waals surface area contributed by atoms with E-state index in [2.05, 4.69) is 14.8 Å². The molecule has 2 aromatic rings. The first-order valence-corrected chi connectivity index (χ1v) is 11.2. The van der Waals surface area contributed by atoms with Crippen LogP contribution in [-0.4, -0.2) is 37.8 Å². The lowest BCUT2D eigenvalue weighted by Gasteiger charge is -2.19. The molecule has 2 aliphatic carbocycles. The van der Waals surface area contributed by atoms with Gasteiger partial charge >= 0.3 is 6.03 Å². The van der Waals surface area contributed by atoms with Crippen LogP contribution < -0.4 is 15.2 Å². The van der Waals surface area contributed by atoms with Crippen LogP contribution in [0.25, 0.3) is 0 Å². The zero-order valence-electron chi connectivity index (χ0n) is 15.7. The van der Waals surface area contributed by atoms with Crippen LogP contribution in [0.4, 0.5) is 14.9 Å². The minimum Gasteiger partial charge on any atom is -0.474 e. The van der Waals surface area contributed by atoms with Gasteiger partial charge in [-0.15, -0.1) is 4.36 Å². The average Bonchev–Trinajstić information content (AvgIpc) is 3.39. The molecule has 0 saturated carbocycles. The topological polar surface area (TPSA) is 124 Å². The summed E-state index contributed by atoms with van der Waals surface area (Å²) < 4.78 is 36.7. The summed E-state index contributed by atoms with van der Waals surface area (Å²) in [5.41, 5.74) is 4.87. The maximum Gasteiger partial charge on any atom is 0.354 e. The number of ether oxygens (including phenoxy) is 1. The highest BCUT2D eigenvalue weighted by Gasteiger charge is 2.29. The first-order chi connectivity index (χ1) is 13.9. The number of carbonyl (C=O) groups is 1. The summed E-state index contributed by atoms with van der Waals surface area (Å²) in [4.78, 5) is 17.4. The van der Waals surface area contributed by atoms with E-state index in [1.54, 1.807) is 0 Å². The summed E-state index contributed by atoms with van der Waals surface area (Å²) >= 11 is 0. The molecule has 0 fully saturated rings. The number of aromatic nitrogens is 3. The number of hydrogen-bond donors (Lipinski definition) is 2. The number of halogens is 1. The molecule has 3 N–H and O–H groups in total. The van der Waals surface area contributed by atoms with Gasteiger partial charge in [0.1, 0.15) is 11.5 Å². The molecule has 0 bridgehead atoms. The molecule has 3 heterocycles. The summed E-state index contributed by atoms with van der Waals surface area (Å²) in [6.45, 7) is -0.206. The highest BCUT2D eigenvalue weighted by Crippen LogP contribution is 2.36. The normalized spacial score (nSPS) is 21.5. The van der Waals surface area contributed by atoms with E-state index in [1.165, 1.54) is 10.9 Å². The number of nitrogens with two attached hydrogens (primary N) is 1. The number of pyridine rings is 1. The van der Waals surface area contributed by atoms with E-state index in [0.717, 1.165) is 66.7 Å². The summed E-state index contributed by atoms with van der Waals surface area (Å²) in [5, 5.41) is 12.6. The van der Waals surface area contributed by atoms with Crippen LogP contribution in [0.5, 0.6) is 5.88 Å². The minimum absolute atomic E-state index is 0.00950. The van der Waals surface area contributed by atoms with Gasteiger partial charge in [-0.1, -0.05) is 0 Å². The van der Waals surface area contributed by atoms with Gasteiger partial charge in [-0.05, 0) is 49.7 Å². The molecule has 5 rings (SSSR count). The van der Waals surface area contributed by atoms with E-state index in [-0.39, 0.29) is 23.9 Å². The maximum atomic E-state index is 13.5. The second-order valence-corrected chi connectivity index (χ2v) is 9.30. The van der Waals surface area contributed by atoms with Crippen molar-refractivity contribution in [2.24, 2.45) is 9.50 Å². The molecule has 0 aromatic carbocycles. The zero-order valence-corrected chi connectivity index (χ0v) is 16.5. The van der Waals surface area contributed by atoms with Crippen molar-refractivity contribution in [3.63, 3.8) is 0 Å². The molecule has 9 nitrogen and oxygen atoms in total. The Morgan fingerprint density at radius 1 is 1.28 bits per heavy atom. The molecular formula is C18H21FN6O3S. The zero-order chi connectivity index (χ0) is 20.2. The van der Waals surface area contributed by atoms with Crippen LogP contribution in [-0.2, 0) is 42.1 Å². The lowest BCUT2D eigenvalue weighted by Crippen LogP contribution is -2.28. The van der Waals surface area contributed by atoms with Crippen molar-refractivity contribution in [1.29, 1.82) is 0 Å². The number of carbonyl (C=O) groups excluding carboxylic acids is 1. The number of anilines is 1. The maximum absolute atomic E-state index is 13.5. The number of hydrogen-bond acceptors (Lipinski definition) is 5. The minimum atomic E-state index is -3.61. The Labute approximate surface area is 167 Å². The number of alkyl halides is 1. The van der Waals surface area contributed by atoms with E-state index in [0.29, 0.717) is 0 Å². The smallest absolute Gasteiger partial charge is 0.354 e. The van der Waals surface area contributed by atoms with Crippen molar-refractivity contribution in [2.45, 2.75) is 56.1 Å². The fraction of sp³-hybridized carbons (Fsp3) is 0.500. The van der Waals surface area contributed by atoms with E-state index in [4.69, 9.17) is 14.9 Å². The average molecular weight is 420 g/mol. The largest absolute Gasteiger partial charge is 0.474 e. The van der Waals surface area contributed by atoms with Crippen LogP contribution in [0.15, 0.2) is 15.5 Å². The molecule has 2 unspecified atom stereocenters. The summed E-state index contributed by atoms with van der Waals surface area (Å²) in [7, 11) is -3.61. The fourth-order valence-corrected chi connectivity index (χ4v) is 5.28. The van der Waals surface area contributed by atoms with Gasteiger partial charge in [-0.25, -0.2) is 23.2 Å². The van der Waals surface area contributed by atoms with E-state index in [1.807, 2.05) is 0 Å². The lowest BCUT2D eigenvalue weighted by molar-refractivity contribution is 0.122. The summed E-state index contributed by atoms with van der Waals surface area (Å²) in [6.07, 6.45) is 5.48. The van der Waals surface area contributed by atoms with Crippen molar-refractivity contribution in [2.75, 3.05) is 11.9 Å². The fourth-order valence-electron chi connectivity index (χ4n) is 4.28. The third-order valence-electron chi connectivity index (χ3n) is 5.55. The van der Waals surface area contributed by atoms with Crippen LogP contribution >= 0.6 is 0 Å². The number of fused-ring (bicyclic) bond motifs is 3. The van der Waals surface area contributed by atoms with Gasteiger partial charge in [-0.2, -0.15) is 5.10 Å². The monoisotopic (exact) mass is 420 g/mol. The van der Waals surface area contributed by atoms with Crippen molar-refractivity contribution >= 4 is 21.6 Å². The summed E-state index contributed by atoms with van der Waals surface area (Å²) in [5.74, 6) is 0.0913. The van der Waals surface area contributed by atoms with E-state index < -0.39 is 22.1 Å². The van der Waals surface area contributed by atoms with Gasteiger partial charge in [0, 0.05) is 11.4 Å². The number of urea groups is 1. The molecular weight excluding hydrogens is 399 g/mol. The Morgan fingerprint density at radius 3 is 2.66 bits per heavy atom. The second-order valence-electron chi connectivity index (χ2n) is 7.54. The highest BCUT2D eigenvalue weighted by molar-refractivity contribution is 7.91. The Bertz CT molecular complexity index is 1100. The van der Waals surface area contributed by atoms with Gasteiger partial charge < -0.3 is 10.1 Å². The Morgan fingerprint density at radius 2 is 1.97 bits per heavy atom. The molecule has 29 heavy (non-hydrogen) atoms. The van der Waals surface area contributed by atoms with Crippen LogP contribution in [0, 0.1) is 0 Å². The summed E-state index contributed by atoms with van der Waals surface area (Å²) in [6, 6.07) is -0.786. The molecule has 2 aromatic heterocycles. The number of nitrogens with one attached hydrogen (secondary N) is 1. The van der Waals surface area contributed by atoms with Gasteiger partial charge in [-0.3, -0.25) is 4.98 Å². The Hall–Kier alpha value is -2.53. The lowest BCUT2D eigenvalue weighted by atomic mass is 10.1. The highest BCUT2D eigenvalue weighted by atomic mass is 32.2. The quantitative estimate of drug-likeness (QED) is 0.768. The van der Waals surface area contributed by atoms with Gasteiger partial charge in [0.15, 0.2) is 16.1 Å². The predicted octanol–water partition coefficient (Wildman–Crippen LogP) is 1.92. The third kappa shape index (κ3) is 3.18. The third-order valence-corrected chi connectivity index (χ3v) is 6.90. The van der Waals surface area contributed by atoms with Crippen molar-refractivity contribution in [1.82, 2.24) is 14.8 Å². The molecule has 154 valence electrons. The van der Waals surface area contributed by atoms with E-state index in [9.17, 15) is 13.4 Å². The standard InChI is InChI=1S/C18H21FN6O3S/c19-10-8-25-17(28-9-10)15(7-21-25)29(20,27)24-18(26)23-16-11-3-1-5-13(11)22-14-6-2-4-12(14)16/h7,10H,1-6,8-9H2,(H3,20,22,23,24,26,27). The predicted molar refractivity (Wildman–Crippen MR) is 103 cm³/mol. The Balaban J connectivity index is 1.47. The van der Waals surface area contributed by atoms with Gasteiger partial charge in [0.25, 0.3) is 0 Å². The van der Waals surface area contributed by atoms with Gasteiger partial charge in [0.05, 0.1) is 18.4 Å². The molecule has 1 aliphatic heterocycles. The van der Waals surface area contributed by atoms with Crippen molar-refractivity contribution in [3.8, 4) is 5.88 Å². The molecule has 0 radical (unpaired) electrons. The second kappa shape index (κ2) is 6.77. The number of aryl methyl sites for hydroxylation is 2. The first-order valence-electron chi connectivity index (χ1n) is 9.64. The molecule has 2 atom stereocenters. The molecule has 0 saturated heterocycles. The number of rotatable bonds is 2.